The molecule has 0 spiro atoms. The molecule has 0 saturated heterocycles. The summed E-state index contributed by atoms with van der Waals surface area (Å²) in [5, 5.41) is 11.9. The van der Waals surface area contributed by atoms with Gasteiger partial charge in [0.15, 0.2) is 5.78 Å². The second kappa shape index (κ2) is 8.05. The lowest BCUT2D eigenvalue weighted by molar-refractivity contribution is -0.121. The topological polar surface area (TPSA) is 71.3 Å². The van der Waals surface area contributed by atoms with Crippen LogP contribution in [-0.4, -0.2) is 34.0 Å². The van der Waals surface area contributed by atoms with Gasteiger partial charge in [0, 0.05) is 36.0 Å². The van der Waals surface area contributed by atoms with Crippen LogP contribution in [0.5, 0.6) is 0 Å². The number of aliphatic hydroxyl groups excluding tert-OH is 1. The summed E-state index contributed by atoms with van der Waals surface area (Å²) in [5.74, 6) is -0.412. The monoisotopic (exact) mass is 372 g/mol. The van der Waals surface area contributed by atoms with Gasteiger partial charge in [-0.2, -0.15) is 0 Å². The van der Waals surface area contributed by atoms with Gasteiger partial charge in [0.25, 0.3) is 0 Å². The Morgan fingerprint density at radius 2 is 2.00 bits per heavy atom. The fraction of sp³-hybridized carbons (Fsp3) is 0.429. The lowest BCUT2D eigenvalue weighted by Crippen LogP contribution is -2.36. The predicted molar refractivity (Wildman–Crippen MR) is 100 cm³/mol. The van der Waals surface area contributed by atoms with E-state index in [0.29, 0.717) is 18.5 Å². The van der Waals surface area contributed by atoms with Crippen LogP contribution in [0.2, 0.25) is 0 Å². The molecule has 0 bridgehead atoms. The lowest BCUT2D eigenvalue weighted by atomic mass is 9.92. The molecule has 5 nitrogen and oxygen atoms in total. The molecule has 1 amide bonds. The molecule has 1 heterocycles. The summed E-state index contributed by atoms with van der Waals surface area (Å²) < 4.78 is 15.3. The fourth-order valence-electron chi connectivity index (χ4n) is 3.72. The van der Waals surface area contributed by atoms with Gasteiger partial charge in [-0.25, -0.2) is 4.39 Å². The molecule has 1 atom stereocenters. The molecule has 0 aliphatic heterocycles. The first-order chi connectivity index (χ1) is 12.9. The molecule has 0 fully saturated rings. The van der Waals surface area contributed by atoms with Gasteiger partial charge in [0.05, 0.1) is 13.0 Å². The largest absolute Gasteiger partial charge is 0.394 e. The van der Waals surface area contributed by atoms with Crippen molar-refractivity contribution in [2.75, 3.05) is 6.61 Å². The number of benzene rings is 1. The number of aromatic nitrogens is 1. The maximum Gasteiger partial charge on any atom is 0.224 e. The average molecular weight is 372 g/mol. The summed E-state index contributed by atoms with van der Waals surface area (Å²) in [4.78, 5) is 24.9. The van der Waals surface area contributed by atoms with E-state index >= 15 is 0 Å². The van der Waals surface area contributed by atoms with Gasteiger partial charge in [0.2, 0.25) is 5.91 Å². The van der Waals surface area contributed by atoms with Gasteiger partial charge in [-0.3, -0.25) is 9.59 Å². The molecule has 144 valence electrons. The number of carbonyl (C=O) groups is 2. The van der Waals surface area contributed by atoms with Crippen molar-refractivity contribution in [2.24, 2.45) is 0 Å². The van der Waals surface area contributed by atoms with Crippen LogP contribution in [0.3, 0.4) is 0 Å². The van der Waals surface area contributed by atoms with E-state index < -0.39 is 0 Å². The van der Waals surface area contributed by atoms with E-state index in [1.54, 1.807) is 19.1 Å². The predicted octanol–water partition coefficient (Wildman–Crippen LogP) is 2.54. The quantitative estimate of drug-likeness (QED) is 0.819. The number of hydrogen-bond acceptors (Lipinski definition) is 3. The number of halogens is 1. The highest BCUT2D eigenvalue weighted by Crippen LogP contribution is 2.31. The Labute approximate surface area is 158 Å². The van der Waals surface area contributed by atoms with Crippen molar-refractivity contribution < 1.29 is 19.1 Å². The van der Waals surface area contributed by atoms with Crippen molar-refractivity contribution in [3.8, 4) is 0 Å². The number of nitrogens with zero attached hydrogens (tertiary/aromatic N) is 1. The van der Waals surface area contributed by atoms with Crippen molar-refractivity contribution in [3.05, 3.63) is 58.2 Å². The van der Waals surface area contributed by atoms with Gasteiger partial charge in [-0.05, 0) is 49.9 Å². The lowest BCUT2D eigenvalue weighted by Gasteiger charge is -2.16. The van der Waals surface area contributed by atoms with E-state index in [4.69, 9.17) is 5.11 Å². The first-order valence-electron chi connectivity index (χ1n) is 9.29. The Morgan fingerprint density at radius 3 is 2.67 bits per heavy atom. The van der Waals surface area contributed by atoms with Crippen molar-refractivity contribution >= 4 is 11.7 Å². The average Bonchev–Trinajstić information content (AvgIpc) is 2.90. The Kier molecular flexibility index (Phi) is 5.75. The van der Waals surface area contributed by atoms with Gasteiger partial charge >= 0.3 is 0 Å². The van der Waals surface area contributed by atoms with Crippen molar-refractivity contribution in [1.29, 1.82) is 0 Å². The van der Waals surface area contributed by atoms with Crippen LogP contribution in [0.4, 0.5) is 4.39 Å². The summed E-state index contributed by atoms with van der Waals surface area (Å²) in [6.07, 6.45) is 2.19. The number of rotatable bonds is 6. The standard InChI is InChI=1S/C21H25FN2O3/c1-13(12-25)23-20(27)10-17-14(2)24(11-15-6-8-16(22)9-7-15)18-4-3-5-19(26)21(17)18/h6-9,13,25H,3-5,10-12H2,1-2H3,(H,23,27)/t13-/m0/s1. The molecule has 6 heteroatoms. The van der Waals surface area contributed by atoms with Crippen molar-refractivity contribution in [1.82, 2.24) is 9.88 Å². The molecular weight excluding hydrogens is 347 g/mol. The third kappa shape index (κ3) is 4.11. The number of hydrogen-bond donors (Lipinski definition) is 2. The van der Waals surface area contributed by atoms with Crippen LogP contribution in [-0.2, 0) is 24.2 Å². The Hall–Kier alpha value is -2.47. The molecule has 3 rings (SSSR count). The molecule has 2 aromatic rings. The number of aliphatic hydroxyl groups is 1. The summed E-state index contributed by atoms with van der Waals surface area (Å²) in [5.41, 5.74) is 4.24. The second-order valence-electron chi connectivity index (χ2n) is 7.20. The molecular formula is C21H25FN2O3. The maximum absolute atomic E-state index is 13.2. The normalized spacial score (nSPS) is 14.7. The van der Waals surface area contributed by atoms with Gasteiger partial charge in [-0.1, -0.05) is 12.1 Å². The molecule has 1 aromatic carbocycles. The van der Waals surface area contributed by atoms with Crippen molar-refractivity contribution in [2.45, 2.75) is 52.1 Å². The van der Waals surface area contributed by atoms with E-state index in [2.05, 4.69) is 9.88 Å². The minimum atomic E-state index is -0.328. The second-order valence-corrected chi connectivity index (χ2v) is 7.20. The smallest absolute Gasteiger partial charge is 0.224 e. The number of amides is 1. The van der Waals surface area contributed by atoms with Crippen LogP contribution in [0.15, 0.2) is 24.3 Å². The number of nitrogens with one attached hydrogen (secondary N) is 1. The van der Waals surface area contributed by atoms with Crippen LogP contribution in [0, 0.1) is 12.7 Å². The Morgan fingerprint density at radius 1 is 1.30 bits per heavy atom. The number of ketones is 1. The first-order valence-corrected chi connectivity index (χ1v) is 9.29. The highest BCUT2D eigenvalue weighted by atomic mass is 19.1. The molecule has 27 heavy (non-hydrogen) atoms. The Bertz CT molecular complexity index is 855. The molecule has 1 aliphatic carbocycles. The van der Waals surface area contributed by atoms with Crippen LogP contribution >= 0.6 is 0 Å². The third-order valence-corrected chi connectivity index (χ3v) is 5.13. The molecule has 0 radical (unpaired) electrons. The molecule has 2 N–H and O–H groups in total. The summed E-state index contributed by atoms with van der Waals surface area (Å²) >= 11 is 0. The minimum absolute atomic E-state index is 0.0789. The van der Waals surface area contributed by atoms with Gasteiger partial charge in [-0.15, -0.1) is 0 Å². The Balaban J connectivity index is 1.96. The zero-order chi connectivity index (χ0) is 19.6. The SMILES string of the molecule is Cc1c(CC(=O)N[C@@H](C)CO)c2c(n1Cc1ccc(F)cc1)CCCC2=O. The van der Waals surface area contributed by atoms with Gasteiger partial charge < -0.3 is 15.0 Å². The van der Waals surface area contributed by atoms with E-state index in [9.17, 15) is 14.0 Å². The number of fused-ring (bicyclic) bond motifs is 1. The number of Topliss-reactive ketones (excluding diaryl/α,β-unsaturated/α-hetero) is 1. The van der Waals surface area contributed by atoms with Crippen LogP contribution in [0.25, 0.3) is 0 Å². The minimum Gasteiger partial charge on any atom is -0.394 e. The van der Waals surface area contributed by atoms with E-state index in [-0.39, 0.29) is 36.6 Å². The summed E-state index contributed by atoms with van der Waals surface area (Å²) in [7, 11) is 0. The zero-order valence-electron chi connectivity index (χ0n) is 15.7. The molecule has 0 saturated carbocycles. The van der Waals surface area contributed by atoms with Crippen LogP contribution < -0.4 is 5.32 Å². The molecule has 0 unspecified atom stereocenters. The van der Waals surface area contributed by atoms with E-state index in [1.165, 1.54) is 12.1 Å². The molecule has 1 aliphatic rings. The van der Waals surface area contributed by atoms with E-state index in [1.807, 2.05) is 6.92 Å². The van der Waals surface area contributed by atoms with Gasteiger partial charge in [0.1, 0.15) is 5.82 Å². The maximum atomic E-state index is 13.2. The highest BCUT2D eigenvalue weighted by Gasteiger charge is 2.29. The number of carbonyl (C=O) groups excluding carboxylic acids is 2. The first kappa shape index (κ1) is 19.3. The summed E-state index contributed by atoms with van der Waals surface area (Å²) in [6, 6.07) is 6.00. The van der Waals surface area contributed by atoms with Crippen molar-refractivity contribution in [3.63, 3.8) is 0 Å². The fourth-order valence-corrected chi connectivity index (χ4v) is 3.72. The highest BCUT2D eigenvalue weighted by molar-refractivity contribution is 6.01. The summed E-state index contributed by atoms with van der Waals surface area (Å²) in [6.45, 7) is 4.06. The molecule has 1 aromatic heterocycles. The third-order valence-electron chi connectivity index (χ3n) is 5.13. The zero-order valence-corrected chi connectivity index (χ0v) is 15.7. The van der Waals surface area contributed by atoms with Crippen LogP contribution in [0.1, 0.15) is 52.6 Å². The van der Waals surface area contributed by atoms with E-state index in [0.717, 1.165) is 35.4 Å².